The smallest absolute Gasteiger partial charge is 0.251 e. The van der Waals surface area contributed by atoms with Crippen LogP contribution in [-0.4, -0.2) is 15.0 Å². The van der Waals surface area contributed by atoms with Crippen LogP contribution in [-0.2, 0) is 5.88 Å². The molecule has 2 aromatic heterocycles. The summed E-state index contributed by atoms with van der Waals surface area (Å²) < 4.78 is 0.768. The molecule has 0 amide bonds. The van der Waals surface area contributed by atoms with Gasteiger partial charge in [-0.05, 0) is 28.1 Å². The highest BCUT2D eigenvalue weighted by Crippen LogP contribution is 2.21. The van der Waals surface area contributed by atoms with Gasteiger partial charge in [0.15, 0.2) is 5.82 Å². The van der Waals surface area contributed by atoms with Gasteiger partial charge in [-0.15, -0.1) is 11.6 Å². The number of nitrogens with zero attached hydrogens (tertiary/aromatic N) is 2. The number of pyridine rings is 1. The van der Waals surface area contributed by atoms with Crippen molar-refractivity contribution in [2.24, 2.45) is 0 Å². The average molecular weight is 301 g/mol. The number of rotatable bonds is 2. The van der Waals surface area contributed by atoms with Crippen LogP contribution in [0.2, 0.25) is 0 Å². The first-order valence-electron chi connectivity index (χ1n) is 4.48. The minimum Gasteiger partial charge on any atom is -0.305 e. The summed E-state index contributed by atoms with van der Waals surface area (Å²) >= 11 is 9.00. The predicted octanol–water partition coefficient (Wildman–Crippen LogP) is 2.33. The van der Waals surface area contributed by atoms with Crippen LogP contribution in [0, 0.1) is 0 Å². The van der Waals surface area contributed by atoms with Gasteiger partial charge in [0.1, 0.15) is 5.69 Å². The Morgan fingerprint density at radius 1 is 1.50 bits per heavy atom. The van der Waals surface area contributed by atoms with Crippen molar-refractivity contribution >= 4 is 27.5 Å². The maximum Gasteiger partial charge on any atom is 0.251 e. The molecule has 82 valence electrons. The molecule has 6 heteroatoms. The van der Waals surface area contributed by atoms with Gasteiger partial charge in [0.25, 0.3) is 5.56 Å². The minimum absolute atomic E-state index is 0.196. The highest BCUT2D eigenvalue weighted by atomic mass is 79.9. The van der Waals surface area contributed by atoms with Crippen molar-refractivity contribution in [1.82, 2.24) is 15.0 Å². The maximum absolute atomic E-state index is 11.4. The number of hydrogen-bond donors (Lipinski definition) is 1. The molecule has 2 rings (SSSR count). The third-order valence-corrected chi connectivity index (χ3v) is 2.83. The first-order chi connectivity index (χ1) is 7.70. The molecule has 1 N–H and O–H groups in total. The van der Waals surface area contributed by atoms with Crippen LogP contribution < -0.4 is 5.56 Å². The molecule has 0 fully saturated rings. The summed E-state index contributed by atoms with van der Waals surface area (Å²) in [6.07, 6.45) is 1.63. The van der Waals surface area contributed by atoms with Gasteiger partial charge in [-0.2, -0.15) is 0 Å². The molecule has 16 heavy (non-hydrogen) atoms. The molecule has 0 saturated heterocycles. The van der Waals surface area contributed by atoms with Crippen molar-refractivity contribution in [1.29, 1.82) is 0 Å². The Bertz CT molecular complexity index is 570. The van der Waals surface area contributed by atoms with Crippen LogP contribution in [0.25, 0.3) is 11.5 Å². The molecule has 0 saturated carbocycles. The van der Waals surface area contributed by atoms with E-state index in [4.69, 9.17) is 11.6 Å². The minimum atomic E-state index is -0.238. The Morgan fingerprint density at radius 3 is 3.00 bits per heavy atom. The number of aromatic nitrogens is 3. The van der Waals surface area contributed by atoms with E-state index in [0.29, 0.717) is 17.2 Å². The van der Waals surface area contributed by atoms with Gasteiger partial charge in [0.05, 0.1) is 11.6 Å². The number of H-pyrrole nitrogens is 1. The van der Waals surface area contributed by atoms with E-state index in [2.05, 4.69) is 30.9 Å². The number of halogens is 2. The molecular formula is C10H7BrClN3O. The fourth-order valence-corrected chi connectivity index (χ4v) is 1.83. The van der Waals surface area contributed by atoms with Crippen LogP contribution >= 0.6 is 27.5 Å². The topological polar surface area (TPSA) is 58.6 Å². The Balaban J connectivity index is 2.60. The third-order valence-electron chi connectivity index (χ3n) is 1.91. The van der Waals surface area contributed by atoms with Crippen LogP contribution in [0.15, 0.2) is 33.7 Å². The molecule has 0 unspecified atom stereocenters. The molecule has 0 aromatic carbocycles. The third kappa shape index (κ3) is 2.31. The van der Waals surface area contributed by atoms with Crippen molar-refractivity contribution in [3.8, 4) is 11.5 Å². The monoisotopic (exact) mass is 299 g/mol. The standard InChI is InChI=1S/C10H7BrClN3O/c11-7-2-1-3-13-9(7)10-14-6(5-12)4-8(16)15-10/h1-4H,5H2,(H,14,15,16). The SMILES string of the molecule is O=c1cc(CCl)nc(-c2ncccc2Br)[nH]1. The first-order valence-corrected chi connectivity index (χ1v) is 5.80. The highest BCUT2D eigenvalue weighted by Gasteiger charge is 2.07. The zero-order chi connectivity index (χ0) is 11.5. The van der Waals surface area contributed by atoms with Crippen LogP contribution in [0.5, 0.6) is 0 Å². The summed E-state index contributed by atoms with van der Waals surface area (Å²) in [5.41, 5.74) is 0.878. The van der Waals surface area contributed by atoms with Crippen molar-refractivity contribution in [2.45, 2.75) is 5.88 Å². The van der Waals surface area contributed by atoms with Crippen molar-refractivity contribution in [3.05, 3.63) is 44.9 Å². The molecule has 0 aliphatic rings. The molecule has 0 aliphatic carbocycles. The predicted molar refractivity (Wildman–Crippen MR) is 65.3 cm³/mol. The fourth-order valence-electron chi connectivity index (χ4n) is 1.25. The molecule has 0 atom stereocenters. The van der Waals surface area contributed by atoms with Gasteiger partial charge in [-0.3, -0.25) is 9.78 Å². The summed E-state index contributed by atoms with van der Waals surface area (Å²) in [5.74, 6) is 0.608. The van der Waals surface area contributed by atoms with E-state index in [0.717, 1.165) is 4.47 Å². The summed E-state index contributed by atoms with van der Waals surface area (Å²) in [6.45, 7) is 0. The molecule has 0 radical (unpaired) electrons. The van der Waals surface area contributed by atoms with Crippen LogP contribution in [0.4, 0.5) is 0 Å². The Kier molecular flexibility index (Phi) is 3.36. The summed E-state index contributed by atoms with van der Waals surface area (Å²) in [4.78, 5) is 22.3. The number of aromatic amines is 1. The highest BCUT2D eigenvalue weighted by molar-refractivity contribution is 9.10. The Labute approximate surface area is 105 Å². The molecule has 4 nitrogen and oxygen atoms in total. The number of hydrogen-bond acceptors (Lipinski definition) is 3. The molecule has 2 heterocycles. The molecule has 0 aliphatic heterocycles. The van der Waals surface area contributed by atoms with Crippen molar-refractivity contribution in [2.75, 3.05) is 0 Å². The van der Waals surface area contributed by atoms with E-state index in [1.807, 2.05) is 6.07 Å². The summed E-state index contributed by atoms with van der Waals surface area (Å²) in [7, 11) is 0. The van der Waals surface area contributed by atoms with E-state index >= 15 is 0 Å². The van der Waals surface area contributed by atoms with Gasteiger partial charge in [-0.25, -0.2) is 4.98 Å². The summed E-state index contributed by atoms with van der Waals surface area (Å²) in [6, 6.07) is 4.99. The molecular weight excluding hydrogens is 293 g/mol. The lowest BCUT2D eigenvalue weighted by Crippen LogP contribution is -2.10. The van der Waals surface area contributed by atoms with E-state index in [9.17, 15) is 4.79 Å². The lowest BCUT2D eigenvalue weighted by atomic mass is 10.3. The first kappa shape index (κ1) is 11.3. The lowest BCUT2D eigenvalue weighted by Gasteiger charge is -2.03. The van der Waals surface area contributed by atoms with E-state index in [-0.39, 0.29) is 11.4 Å². The van der Waals surface area contributed by atoms with Crippen LogP contribution in [0.3, 0.4) is 0 Å². The number of nitrogens with one attached hydrogen (secondary N) is 1. The molecule has 0 bridgehead atoms. The maximum atomic E-state index is 11.4. The average Bonchev–Trinajstić information content (AvgIpc) is 2.28. The second-order valence-corrected chi connectivity index (χ2v) is 4.17. The molecule has 2 aromatic rings. The number of alkyl halides is 1. The second-order valence-electron chi connectivity index (χ2n) is 3.05. The van der Waals surface area contributed by atoms with Gasteiger partial charge < -0.3 is 4.98 Å². The Hall–Kier alpha value is -1.20. The zero-order valence-electron chi connectivity index (χ0n) is 8.08. The van der Waals surface area contributed by atoms with Gasteiger partial charge in [0, 0.05) is 16.7 Å². The fraction of sp³-hybridized carbons (Fsp3) is 0.100. The Morgan fingerprint density at radius 2 is 2.31 bits per heavy atom. The lowest BCUT2D eigenvalue weighted by molar-refractivity contribution is 1.04. The summed E-state index contributed by atoms with van der Waals surface area (Å²) in [5, 5.41) is 0. The van der Waals surface area contributed by atoms with E-state index in [1.165, 1.54) is 6.07 Å². The molecule has 0 spiro atoms. The van der Waals surface area contributed by atoms with Crippen LogP contribution in [0.1, 0.15) is 5.69 Å². The van der Waals surface area contributed by atoms with Gasteiger partial charge in [-0.1, -0.05) is 0 Å². The van der Waals surface area contributed by atoms with Crippen molar-refractivity contribution < 1.29 is 0 Å². The largest absolute Gasteiger partial charge is 0.305 e. The van der Waals surface area contributed by atoms with Gasteiger partial charge >= 0.3 is 0 Å². The normalized spacial score (nSPS) is 10.4. The quantitative estimate of drug-likeness (QED) is 0.866. The van der Waals surface area contributed by atoms with Crippen molar-refractivity contribution in [3.63, 3.8) is 0 Å². The van der Waals surface area contributed by atoms with Gasteiger partial charge in [0.2, 0.25) is 0 Å². The van der Waals surface area contributed by atoms with E-state index in [1.54, 1.807) is 12.3 Å². The zero-order valence-corrected chi connectivity index (χ0v) is 10.4. The second kappa shape index (κ2) is 4.76. The van der Waals surface area contributed by atoms with E-state index < -0.39 is 0 Å².